The van der Waals surface area contributed by atoms with Gasteiger partial charge in [-0.25, -0.2) is 0 Å². The second-order valence-electron chi connectivity index (χ2n) is 4.28. The molecule has 0 atom stereocenters. The first kappa shape index (κ1) is 15.0. The first-order valence-corrected chi connectivity index (χ1v) is 5.71. The van der Waals surface area contributed by atoms with E-state index in [1.165, 1.54) is 4.90 Å². The lowest BCUT2D eigenvalue weighted by Crippen LogP contribution is -2.35. The van der Waals surface area contributed by atoms with E-state index in [2.05, 4.69) is 5.10 Å². The number of halogens is 3. The van der Waals surface area contributed by atoms with Crippen LogP contribution in [0, 0.1) is 6.92 Å². The first-order valence-electron chi connectivity index (χ1n) is 5.71. The zero-order valence-electron chi connectivity index (χ0n) is 10.5. The molecule has 0 unspecified atom stereocenters. The van der Waals surface area contributed by atoms with Gasteiger partial charge >= 0.3 is 6.18 Å². The van der Waals surface area contributed by atoms with Gasteiger partial charge in [0.1, 0.15) is 0 Å². The van der Waals surface area contributed by atoms with Crippen LogP contribution in [-0.4, -0.2) is 45.7 Å². The lowest BCUT2D eigenvalue weighted by Gasteiger charge is -2.23. The molecule has 7 heteroatoms. The third-order valence-corrected chi connectivity index (χ3v) is 2.77. The fraction of sp³-hybridized carbons (Fsp3) is 0.727. The summed E-state index contributed by atoms with van der Waals surface area (Å²) in [6.07, 6.45) is -2.32. The van der Waals surface area contributed by atoms with E-state index in [1.807, 2.05) is 6.92 Å². The minimum atomic E-state index is -4.23. The molecule has 0 aliphatic rings. The highest BCUT2D eigenvalue weighted by Crippen LogP contribution is 2.19. The molecular formula is C11H18F3N3O. The number of aryl methyl sites for hydroxylation is 1. The summed E-state index contributed by atoms with van der Waals surface area (Å²) in [4.78, 5) is 1.28. The highest BCUT2D eigenvalue weighted by atomic mass is 19.4. The SMILES string of the molecule is Cc1c(CN(CCCO)CC(F)(F)F)cnn1C. The lowest BCUT2D eigenvalue weighted by molar-refractivity contribution is -0.147. The monoisotopic (exact) mass is 265 g/mol. The van der Waals surface area contributed by atoms with Gasteiger partial charge in [0.05, 0.1) is 12.7 Å². The summed E-state index contributed by atoms with van der Waals surface area (Å²) in [5.74, 6) is 0. The van der Waals surface area contributed by atoms with Crippen LogP contribution in [0.5, 0.6) is 0 Å². The van der Waals surface area contributed by atoms with Crippen LogP contribution in [0.2, 0.25) is 0 Å². The van der Waals surface area contributed by atoms with Gasteiger partial charge in [0.2, 0.25) is 0 Å². The van der Waals surface area contributed by atoms with Crippen molar-refractivity contribution in [2.24, 2.45) is 7.05 Å². The van der Waals surface area contributed by atoms with Crippen LogP contribution in [0.4, 0.5) is 13.2 Å². The number of aliphatic hydroxyl groups is 1. The van der Waals surface area contributed by atoms with Crippen molar-refractivity contribution in [1.82, 2.24) is 14.7 Å². The van der Waals surface area contributed by atoms with Gasteiger partial charge in [-0.15, -0.1) is 0 Å². The zero-order valence-corrected chi connectivity index (χ0v) is 10.5. The van der Waals surface area contributed by atoms with E-state index in [4.69, 9.17) is 5.11 Å². The quantitative estimate of drug-likeness (QED) is 0.847. The van der Waals surface area contributed by atoms with Gasteiger partial charge < -0.3 is 5.11 Å². The van der Waals surface area contributed by atoms with Crippen molar-refractivity contribution in [2.45, 2.75) is 26.1 Å². The standard InChI is InChI=1S/C11H18F3N3O/c1-9-10(6-15-16(9)2)7-17(4-3-5-18)8-11(12,13)14/h6,18H,3-5,7-8H2,1-2H3. The summed E-state index contributed by atoms with van der Waals surface area (Å²) in [5, 5.41) is 12.7. The van der Waals surface area contributed by atoms with Crippen molar-refractivity contribution in [2.75, 3.05) is 19.7 Å². The Kier molecular flexibility index (Phi) is 5.15. The molecule has 104 valence electrons. The molecule has 0 fully saturated rings. The number of alkyl halides is 3. The molecule has 0 spiro atoms. The maximum Gasteiger partial charge on any atom is 0.401 e. The molecule has 0 aliphatic heterocycles. The molecule has 1 rings (SSSR count). The molecule has 4 nitrogen and oxygen atoms in total. The number of aromatic nitrogens is 2. The van der Waals surface area contributed by atoms with Crippen LogP contribution >= 0.6 is 0 Å². The molecule has 0 bridgehead atoms. The molecule has 1 heterocycles. The number of rotatable bonds is 6. The van der Waals surface area contributed by atoms with Crippen molar-refractivity contribution in [1.29, 1.82) is 0 Å². The minimum absolute atomic E-state index is 0.111. The number of aliphatic hydroxyl groups excluding tert-OH is 1. The van der Waals surface area contributed by atoms with Crippen LogP contribution < -0.4 is 0 Å². The van der Waals surface area contributed by atoms with E-state index < -0.39 is 12.7 Å². The van der Waals surface area contributed by atoms with Crippen molar-refractivity contribution < 1.29 is 18.3 Å². The summed E-state index contributed by atoms with van der Waals surface area (Å²) < 4.78 is 38.9. The summed E-state index contributed by atoms with van der Waals surface area (Å²) in [6, 6.07) is 0. The molecule has 0 saturated carbocycles. The van der Waals surface area contributed by atoms with Crippen molar-refractivity contribution >= 4 is 0 Å². The Labute approximate surface area is 104 Å². The maximum atomic E-state index is 12.4. The smallest absolute Gasteiger partial charge is 0.396 e. The number of hydrogen-bond donors (Lipinski definition) is 1. The van der Waals surface area contributed by atoms with Gasteiger partial charge in [-0.3, -0.25) is 9.58 Å². The van der Waals surface area contributed by atoms with E-state index >= 15 is 0 Å². The van der Waals surface area contributed by atoms with Gasteiger partial charge in [-0.05, 0) is 13.3 Å². The van der Waals surface area contributed by atoms with E-state index in [9.17, 15) is 13.2 Å². The van der Waals surface area contributed by atoms with Crippen LogP contribution in [-0.2, 0) is 13.6 Å². The average Bonchev–Trinajstić information content (AvgIpc) is 2.56. The Morgan fingerprint density at radius 1 is 1.44 bits per heavy atom. The molecule has 1 aromatic rings. The van der Waals surface area contributed by atoms with Crippen LogP contribution in [0.25, 0.3) is 0 Å². The molecule has 18 heavy (non-hydrogen) atoms. The van der Waals surface area contributed by atoms with Crippen LogP contribution in [0.3, 0.4) is 0 Å². The molecule has 1 aromatic heterocycles. The van der Waals surface area contributed by atoms with Gasteiger partial charge in [0.25, 0.3) is 0 Å². The molecule has 0 amide bonds. The van der Waals surface area contributed by atoms with Gasteiger partial charge in [-0.1, -0.05) is 0 Å². The molecule has 0 radical (unpaired) electrons. The predicted molar refractivity (Wildman–Crippen MR) is 61.0 cm³/mol. The van der Waals surface area contributed by atoms with Gasteiger partial charge in [0.15, 0.2) is 0 Å². The Balaban J connectivity index is 2.68. The van der Waals surface area contributed by atoms with Gasteiger partial charge in [0, 0.05) is 38.0 Å². The normalized spacial score (nSPS) is 12.4. The largest absolute Gasteiger partial charge is 0.401 e. The molecule has 0 aliphatic carbocycles. The zero-order chi connectivity index (χ0) is 13.8. The highest BCUT2D eigenvalue weighted by Gasteiger charge is 2.30. The minimum Gasteiger partial charge on any atom is -0.396 e. The molecule has 0 aromatic carbocycles. The average molecular weight is 265 g/mol. The summed E-state index contributed by atoms with van der Waals surface area (Å²) in [6.45, 7) is 1.14. The van der Waals surface area contributed by atoms with Crippen LogP contribution in [0.1, 0.15) is 17.7 Å². The Morgan fingerprint density at radius 2 is 2.11 bits per heavy atom. The maximum absolute atomic E-state index is 12.4. The fourth-order valence-electron chi connectivity index (χ4n) is 1.70. The predicted octanol–water partition coefficient (Wildman–Crippen LogP) is 1.48. The van der Waals surface area contributed by atoms with Crippen LogP contribution in [0.15, 0.2) is 6.20 Å². The molecule has 0 saturated heterocycles. The number of hydrogen-bond acceptors (Lipinski definition) is 3. The second kappa shape index (κ2) is 6.19. The third kappa shape index (κ3) is 4.66. The third-order valence-electron chi connectivity index (χ3n) is 2.77. The van der Waals surface area contributed by atoms with E-state index in [0.717, 1.165) is 11.3 Å². The number of nitrogens with zero attached hydrogens (tertiary/aromatic N) is 3. The van der Waals surface area contributed by atoms with Gasteiger partial charge in [-0.2, -0.15) is 18.3 Å². The van der Waals surface area contributed by atoms with E-state index in [0.29, 0.717) is 6.42 Å². The Bertz CT molecular complexity index is 376. The Hall–Kier alpha value is -1.08. The van der Waals surface area contributed by atoms with Crippen molar-refractivity contribution in [3.8, 4) is 0 Å². The fourth-order valence-corrected chi connectivity index (χ4v) is 1.70. The highest BCUT2D eigenvalue weighted by molar-refractivity contribution is 5.15. The molecular weight excluding hydrogens is 247 g/mol. The summed E-state index contributed by atoms with van der Waals surface area (Å²) >= 11 is 0. The van der Waals surface area contributed by atoms with E-state index in [-0.39, 0.29) is 19.7 Å². The summed E-state index contributed by atoms with van der Waals surface area (Å²) in [7, 11) is 1.75. The first-order chi connectivity index (χ1) is 8.33. The summed E-state index contributed by atoms with van der Waals surface area (Å²) in [5.41, 5.74) is 1.63. The Morgan fingerprint density at radius 3 is 2.56 bits per heavy atom. The lowest BCUT2D eigenvalue weighted by atomic mass is 10.2. The topological polar surface area (TPSA) is 41.3 Å². The molecule has 1 N–H and O–H groups in total. The van der Waals surface area contributed by atoms with Crippen molar-refractivity contribution in [3.05, 3.63) is 17.5 Å². The second-order valence-corrected chi connectivity index (χ2v) is 4.28. The van der Waals surface area contributed by atoms with Crippen molar-refractivity contribution in [3.63, 3.8) is 0 Å². The van der Waals surface area contributed by atoms with E-state index in [1.54, 1.807) is 17.9 Å².